The maximum absolute atomic E-state index is 13.2. The average molecular weight is 496 g/mol. The quantitative estimate of drug-likeness (QED) is 0.317. The van der Waals surface area contributed by atoms with Gasteiger partial charge in [0, 0.05) is 17.2 Å². The topological polar surface area (TPSA) is 112 Å². The third-order valence-corrected chi connectivity index (χ3v) is 5.47. The molecule has 2 amide bonds. The van der Waals surface area contributed by atoms with Crippen molar-refractivity contribution in [2.45, 2.75) is 6.92 Å². The fourth-order valence-electron chi connectivity index (χ4n) is 3.33. The van der Waals surface area contributed by atoms with Gasteiger partial charge in [0.25, 0.3) is 11.8 Å². The highest BCUT2D eigenvalue weighted by Crippen LogP contribution is 2.29. The number of benzene rings is 2. The summed E-state index contributed by atoms with van der Waals surface area (Å²) >= 11 is 11.2. The number of halogens is 1. The lowest BCUT2D eigenvalue weighted by molar-refractivity contribution is -0.255. The molecule has 1 N–H and O–H groups in total. The van der Waals surface area contributed by atoms with E-state index in [2.05, 4.69) is 5.32 Å². The standard InChI is InChI=1S/C24H17ClN2O6S/c1-2-32-15-5-3-4-14(11-15)27-22(29)18(21(28)26-24(27)34)12-16-7-9-20(33-16)13-6-8-17(23(30)31)19(25)10-13/h3-12H,2H2,1H3,(H,30,31)(H,26,28,34)/p-1/b18-12-. The third kappa shape index (κ3) is 4.57. The lowest BCUT2D eigenvalue weighted by Gasteiger charge is -2.29. The van der Waals surface area contributed by atoms with E-state index < -0.39 is 17.8 Å². The highest BCUT2D eigenvalue weighted by atomic mass is 35.5. The van der Waals surface area contributed by atoms with E-state index in [1.165, 1.54) is 29.2 Å². The molecule has 4 rings (SSSR count). The predicted molar refractivity (Wildman–Crippen MR) is 127 cm³/mol. The second kappa shape index (κ2) is 9.50. The predicted octanol–water partition coefficient (Wildman–Crippen LogP) is 3.19. The van der Waals surface area contributed by atoms with Gasteiger partial charge in [-0.05, 0) is 55.5 Å². The number of furan rings is 1. The lowest BCUT2D eigenvalue weighted by Crippen LogP contribution is -2.54. The van der Waals surface area contributed by atoms with E-state index in [1.807, 2.05) is 6.92 Å². The first kappa shape index (κ1) is 23.2. The molecule has 0 spiro atoms. The van der Waals surface area contributed by atoms with Crippen molar-refractivity contribution in [2.24, 2.45) is 0 Å². The number of amides is 2. The molecule has 1 aliphatic rings. The highest BCUT2D eigenvalue weighted by Gasteiger charge is 2.35. The Bertz CT molecular complexity index is 1360. The van der Waals surface area contributed by atoms with Crippen LogP contribution in [0, 0.1) is 0 Å². The maximum Gasteiger partial charge on any atom is 0.270 e. The van der Waals surface area contributed by atoms with Crippen LogP contribution < -0.4 is 20.1 Å². The van der Waals surface area contributed by atoms with Gasteiger partial charge in [0.15, 0.2) is 5.11 Å². The normalized spacial score (nSPS) is 14.9. The first-order valence-corrected chi connectivity index (χ1v) is 10.8. The van der Waals surface area contributed by atoms with Crippen LogP contribution in [0.3, 0.4) is 0 Å². The zero-order valence-corrected chi connectivity index (χ0v) is 19.2. The molecule has 1 aliphatic heterocycles. The number of aromatic carboxylic acids is 1. The monoisotopic (exact) mass is 495 g/mol. The summed E-state index contributed by atoms with van der Waals surface area (Å²) in [5.41, 5.74) is 0.624. The van der Waals surface area contributed by atoms with Crippen LogP contribution >= 0.6 is 23.8 Å². The number of carboxylic acids is 1. The van der Waals surface area contributed by atoms with E-state index in [9.17, 15) is 19.5 Å². The fraction of sp³-hybridized carbons (Fsp3) is 0.0833. The Hall–Kier alpha value is -3.95. The Morgan fingerprint density at radius 3 is 2.71 bits per heavy atom. The largest absolute Gasteiger partial charge is 0.545 e. The second-order valence-electron chi connectivity index (χ2n) is 7.07. The van der Waals surface area contributed by atoms with Crippen LogP contribution in [0.25, 0.3) is 17.4 Å². The first-order valence-electron chi connectivity index (χ1n) is 10.0. The Labute approximate surface area is 204 Å². The number of nitrogens with zero attached hydrogens (tertiary/aromatic N) is 1. The van der Waals surface area contributed by atoms with Gasteiger partial charge in [-0.1, -0.05) is 29.8 Å². The van der Waals surface area contributed by atoms with Crippen molar-refractivity contribution < 1.29 is 28.6 Å². The Morgan fingerprint density at radius 2 is 2.00 bits per heavy atom. The number of hydrogen-bond acceptors (Lipinski definition) is 7. The maximum atomic E-state index is 13.2. The molecule has 1 aromatic heterocycles. The summed E-state index contributed by atoms with van der Waals surface area (Å²) in [7, 11) is 0. The van der Waals surface area contributed by atoms with E-state index in [4.69, 9.17) is 33.0 Å². The molecular weight excluding hydrogens is 480 g/mol. The SMILES string of the molecule is CCOc1cccc(N2C(=O)/C(=C\c3ccc(-c4ccc(C(=O)[O-])c(Cl)c4)o3)C(=O)NC2=S)c1. The van der Waals surface area contributed by atoms with Crippen molar-refractivity contribution in [1.29, 1.82) is 0 Å². The van der Waals surface area contributed by atoms with E-state index in [0.717, 1.165) is 0 Å². The van der Waals surface area contributed by atoms with Crippen LogP contribution in [0.2, 0.25) is 5.02 Å². The van der Waals surface area contributed by atoms with Gasteiger partial charge in [0.1, 0.15) is 22.8 Å². The summed E-state index contributed by atoms with van der Waals surface area (Å²) in [6.07, 6.45) is 1.31. The zero-order chi connectivity index (χ0) is 24.4. The molecule has 1 saturated heterocycles. The molecule has 0 unspecified atom stereocenters. The molecule has 34 heavy (non-hydrogen) atoms. The summed E-state index contributed by atoms with van der Waals surface area (Å²) in [6, 6.07) is 14.2. The molecule has 0 radical (unpaired) electrons. The smallest absolute Gasteiger partial charge is 0.270 e. The number of thiocarbonyl (C=S) groups is 1. The Balaban J connectivity index is 1.64. The van der Waals surface area contributed by atoms with Crippen molar-refractivity contribution in [2.75, 3.05) is 11.5 Å². The molecule has 8 nitrogen and oxygen atoms in total. The van der Waals surface area contributed by atoms with E-state index in [-0.39, 0.29) is 27.0 Å². The molecule has 10 heteroatoms. The number of nitrogens with one attached hydrogen (secondary N) is 1. The molecular formula is C24H16ClN2O6S-. The molecule has 172 valence electrons. The minimum atomic E-state index is -1.39. The van der Waals surface area contributed by atoms with Crippen molar-refractivity contribution in [3.05, 3.63) is 76.5 Å². The van der Waals surface area contributed by atoms with E-state index >= 15 is 0 Å². The van der Waals surface area contributed by atoms with Crippen LogP contribution in [-0.4, -0.2) is 29.5 Å². The molecule has 2 heterocycles. The minimum absolute atomic E-state index is 0.00548. The van der Waals surface area contributed by atoms with Crippen molar-refractivity contribution in [1.82, 2.24) is 5.32 Å². The molecule has 2 aromatic carbocycles. The van der Waals surface area contributed by atoms with Gasteiger partial charge in [-0.15, -0.1) is 0 Å². The molecule has 0 atom stereocenters. The van der Waals surface area contributed by atoms with E-state index in [0.29, 0.717) is 29.4 Å². The van der Waals surface area contributed by atoms with Crippen LogP contribution in [0.15, 0.2) is 64.6 Å². The van der Waals surface area contributed by atoms with Crippen LogP contribution in [-0.2, 0) is 9.59 Å². The van der Waals surface area contributed by atoms with Gasteiger partial charge in [-0.3, -0.25) is 19.8 Å². The fourth-order valence-corrected chi connectivity index (χ4v) is 3.87. The summed E-state index contributed by atoms with van der Waals surface area (Å²) in [5.74, 6) is -1.54. The van der Waals surface area contributed by atoms with Crippen molar-refractivity contribution in [3.8, 4) is 17.1 Å². The summed E-state index contributed by atoms with van der Waals surface area (Å²) in [4.78, 5) is 38.0. The van der Waals surface area contributed by atoms with Gasteiger partial charge in [-0.2, -0.15) is 0 Å². The lowest BCUT2D eigenvalue weighted by atomic mass is 10.1. The number of rotatable bonds is 6. The van der Waals surface area contributed by atoms with Gasteiger partial charge in [-0.25, -0.2) is 0 Å². The van der Waals surface area contributed by atoms with Gasteiger partial charge < -0.3 is 19.1 Å². The Kier molecular flexibility index (Phi) is 6.49. The summed E-state index contributed by atoms with van der Waals surface area (Å²) in [5, 5.41) is 13.5. The first-order chi connectivity index (χ1) is 16.3. The molecule has 0 bridgehead atoms. The number of hydrogen-bond donors (Lipinski definition) is 1. The van der Waals surface area contributed by atoms with Gasteiger partial charge in [0.2, 0.25) is 0 Å². The van der Waals surface area contributed by atoms with Crippen LogP contribution in [0.5, 0.6) is 5.75 Å². The van der Waals surface area contributed by atoms with Gasteiger partial charge in [0.05, 0.1) is 23.3 Å². The molecule has 0 aliphatic carbocycles. The molecule has 1 fully saturated rings. The minimum Gasteiger partial charge on any atom is -0.545 e. The Morgan fingerprint density at radius 1 is 1.21 bits per heavy atom. The van der Waals surface area contributed by atoms with Crippen LogP contribution in [0.4, 0.5) is 5.69 Å². The molecule has 0 saturated carbocycles. The average Bonchev–Trinajstić information content (AvgIpc) is 3.25. The van der Waals surface area contributed by atoms with Crippen molar-refractivity contribution in [3.63, 3.8) is 0 Å². The zero-order valence-electron chi connectivity index (χ0n) is 17.7. The van der Waals surface area contributed by atoms with Crippen LogP contribution in [0.1, 0.15) is 23.0 Å². The summed E-state index contributed by atoms with van der Waals surface area (Å²) in [6.45, 7) is 2.29. The number of carbonyl (C=O) groups excluding carboxylic acids is 3. The second-order valence-corrected chi connectivity index (χ2v) is 7.87. The number of carbonyl (C=O) groups is 3. The number of anilines is 1. The number of ether oxygens (including phenoxy) is 1. The molecule has 3 aromatic rings. The van der Waals surface area contributed by atoms with Gasteiger partial charge >= 0.3 is 0 Å². The highest BCUT2D eigenvalue weighted by molar-refractivity contribution is 7.80. The summed E-state index contributed by atoms with van der Waals surface area (Å²) < 4.78 is 11.2. The van der Waals surface area contributed by atoms with E-state index in [1.54, 1.807) is 36.4 Å². The third-order valence-electron chi connectivity index (χ3n) is 4.88. The van der Waals surface area contributed by atoms with Crippen molar-refractivity contribution >= 4 is 58.5 Å². The number of carboxylic acid groups (broad SMARTS) is 1.